The number of fused-ring (bicyclic) bond motifs is 1. The van der Waals surface area contributed by atoms with Crippen LogP contribution < -0.4 is 4.90 Å². The van der Waals surface area contributed by atoms with E-state index in [0.29, 0.717) is 0 Å². The molecule has 0 radical (unpaired) electrons. The van der Waals surface area contributed by atoms with E-state index in [1.54, 1.807) is 0 Å². The van der Waals surface area contributed by atoms with Gasteiger partial charge in [0.2, 0.25) is 0 Å². The predicted octanol–water partition coefficient (Wildman–Crippen LogP) is 8.27. The maximum Gasteiger partial charge on any atom is 0.0539 e. The summed E-state index contributed by atoms with van der Waals surface area (Å²) in [6, 6.07) is 34.7. The van der Waals surface area contributed by atoms with E-state index in [2.05, 4.69) is 121 Å². The van der Waals surface area contributed by atoms with E-state index in [-0.39, 0.29) is 0 Å². The minimum atomic E-state index is 1.08. The van der Waals surface area contributed by atoms with Crippen LogP contribution in [0, 0.1) is 0 Å². The van der Waals surface area contributed by atoms with Crippen LogP contribution in [-0.4, -0.2) is 0 Å². The Morgan fingerprint density at radius 2 is 1.37 bits per heavy atom. The van der Waals surface area contributed by atoms with Crippen molar-refractivity contribution < 1.29 is 0 Å². The molecule has 0 amide bonds. The van der Waals surface area contributed by atoms with Gasteiger partial charge in [0.05, 0.1) is 5.69 Å². The van der Waals surface area contributed by atoms with E-state index in [1.165, 1.54) is 44.5 Å². The average molecular weight is 388 g/mol. The predicted molar refractivity (Wildman–Crippen MR) is 129 cm³/mol. The Balaban J connectivity index is 1.65. The van der Waals surface area contributed by atoms with E-state index in [1.807, 2.05) is 0 Å². The van der Waals surface area contributed by atoms with Crippen molar-refractivity contribution >= 4 is 22.1 Å². The molecule has 1 aliphatic rings. The van der Waals surface area contributed by atoms with Gasteiger partial charge in [-0.15, -0.1) is 0 Å². The van der Waals surface area contributed by atoms with Crippen molar-refractivity contribution in [3.05, 3.63) is 120 Å². The summed E-state index contributed by atoms with van der Waals surface area (Å²) in [7, 11) is 0. The molecule has 0 N–H and O–H groups in total. The van der Waals surface area contributed by atoms with Gasteiger partial charge in [-0.1, -0.05) is 90.5 Å². The molecule has 146 valence electrons. The molecular weight excluding hydrogens is 362 g/mol. The number of benzene rings is 4. The number of nitrogens with zero attached hydrogens (tertiary/aromatic N) is 1. The number of hydrogen-bond acceptors (Lipinski definition) is 1. The third kappa shape index (κ3) is 3.55. The summed E-state index contributed by atoms with van der Waals surface area (Å²) in [6.45, 7) is 2.23. The highest BCUT2D eigenvalue weighted by atomic mass is 15.1. The zero-order valence-corrected chi connectivity index (χ0v) is 17.3. The summed E-state index contributed by atoms with van der Waals surface area (Å²) in [4.78, 5) is 2.40. The Labute approximate surface area is 178 Å². The lowest BCUT2D eigenvalue weighted by Gasteiger charge is -2.29. The van der Waals surface area contributed by atoms with Crippen molar-refractivity contribution in [3.8, 4) is 11.1 Å². The van der Waals surface area contributed by atoms with Gasteiger partial charge in [0, 0.05) is 16.8 Å². The van der Waals surface area contributed by atoms with Crippen LogP contribution in [0.25, 0.3) is 21.9 Å². The van der Waals surface area contributed by atoms with E-state index in [4.69, 9.17) is 0 Å². The van der Waals surface area contributed by atoms with Crippen molar-refractivity contribution in [2.24, 2.45) is 0 Å². The molecule has 0 aliphatic heterocycles. The first-order valence-corrected chi connectivity index (χ1v) is 10.6. The van der Waals surface area contributed by atoms with E-state index < -0.39 is 0 Å². The van der Waals surface area contributed by atoms with Crippen LogP contribution in [0.4, 0.5) is 11.4 Å². The largest absolute Gasteiger partial charge is 0.310 e. The van der Waals surface area contributed by atoms with Gasteiger partial charge in [0.25, 0.3) is 0 Å². The van der Waals surface area contributed by atoms with Crippen molar-refractivity contribution in [1.29, 1.82) is 0 Å². The molecule has 0 fully saturated rings. The maximum absolute atomic E-state index is 2.40. The van der Waals surface area contributed by atoms with Gasteiger partial charge in [-0.3, -0.25) is 0 Å². The molecule has 1 nitrogen and oxygen atoms in total. The van der Waals surface area contributed by atoms with Crippen LogP contribution in [-0.2, 0) is 0 Å². The lowest BCUT2D eigenvalue weighted by molar-refractivity contribution is 0.934. The zero-order chi connectivity index (χ0) is 20.3. The summed E-state index contributed by atoms with van der Waals surface area (Å²) >= 11 is 0. The summed E-state index contributed by atoms with van der Waals surface area (Å²) < 4.78 is 0. The molecule has 0 bridgehead atoms. The van der Waals surface area contributed by atoms with Crippen LogP contribution in [0.15, 0.2) is 120 Å². The van der Waals surface area contributed by atoms with E-state index >= 15 is 0 Å². The summed E-state index contributed by atoms with van der Waals surface area (Å²) in [6.07, 6.45) is 6.91. The maximum atomic E-state index is 2.40. The lowest BCUT2D eigenvalue weighted by Crippen LogP contribution is -2.17. The lowest BCUT2D eigenvalue weighted by atomic mass is 10.0. The quantitative estimate of drug-likeness (QED) is 0.340. The van der Waals surface area contributed by atoms with Crippen molar-refractivity contribution in [3.63, 3.8) is 0 Å². The first kappa shape index (κ1) is 18.4. The van der Waals surface area contributed by atoms with Crippen LogP contribution in [0.2, 0.25) is 0 Å². The fraction of sp³-hybridized carbons (Fsp3) is 0.103. The summed E-state index contributed by atoms with van der Waals surface area (Å²) in [5, 5.41) is 2.53. The van der Waals surface area contributed by atoms with Gasteiger partial charge in [0.15, 0.2) is 0 Å². The highest BCUT2D eigenvalue weighted by Gasteiger charge is 2.17. The molecule has 1 aliphatic carbocycles. The zero-order valence-electron chi connectivity index (χ0n) is 17.3. The third-order valence-corrected chi connectivity index (χ3v) is 5.78. The third-order valence-electron chi connectivity index (χ3n) is 5.78. The van der Waals surface area contributed by atoms with E-state index in [0.717, 1.165) is 12.8 Å². The summed E-state index contributed by atoms with van der Waals surface area (Å²) in [5.41, 5.74) is 7.57. The molecular formula is C29H25N. The second-order valence-corrected chi connectivity index (χ2v) is 7.90. The molecule has 0 aromatic heterocycles. The molecule has 30 heavy (non-hydrogen) atoms. The second-order valence-electron chi connectivity index (χ2n) is 7.90. The topological polar surface area (TPSA) is 3.24 Å². The minimum absolute atomic E-state index is 1.08. The number of hydrogen-bond donors (Lipinski definition) is 0. The van der Waals surface area contributed by atoms with Crippen LogP contribution in [0.5, 0.6) is 0 Å². The van der Waals surface area contributed by atoms with Crippen LogP contribution in [0.1, 0.15) is 19.8 Å². The SMILES string of the molecule is CC1=CC(N(c2ccc(-c3ccccc3)cc2)c2cccc3ccccc23)=CCC1. The molecule has 0 spiro atoms. The Kier molecular flexibility index (Phi) is 4.94. The first-order valence-electron chi connectivity index (χ1n) is 10.6. The van der Waals surface area contributed by atoms with Crippen molar-refractivity contribution in [2.45, 2.75) is 19.8 Å². The molecule has 1 heteroatoms. The number of allylic oxidation sites excluding steroid dienone is 3. The molecule has 0 saturated carbocycles. The van der Waals surface area contributed by atoms with Gasteiger partial charge < -0.3 is 4.90 Å². The Morgan fingerprint density at radius 3 is 2.17 bits per heavy atom. The van der Waals surface area contributed by atoms with E-state index in [9.17, 15) is 0 Å². The number of anilines is 2. The normalized spacial score (nSPS) is 13.6. The Morgan fingerprint density at radius 1 is 0.667 bits per heavy atom. The molecule has 0 saturated heterocycles. The fourth-order valence-corrected chi connectivity index (χ4v) is 4.25. The molecule has 4 aromatic rings. The van der Waals surface area contributed by atoms with Gasteiger partial charge in [-0.05, 0) is 60.6 Å². The van der Waals surface area contributed by atoms with Gasteiger partial charge in [-0.25, -0.2) is 0 Å². The minimum Gasteiger partial charge on any atom is -0.310 e. The Bertz CT molecular complexity index is 1230. The van der Waals surface area contributed by atoms with Crippen molar-refractivity contribution in [1.82, 2.24) is 0 Å². The second kappa shape index (κ2) is 8.04. The molecule has 0 heterocycles. The van der Waals surface area contributed by atoms with Gasteiger partial charge in [0.1, 0.15) is 0 Å². The Hall–Kier alpha value is -3.58. The fourth-order valence-electron chi connectivity index (χ4n) is 4.25. The molecule has 4 aromatic carbocycles. The highest BCUT2D eigenvalue weighted by Crippen LogP contribution is 2.38. The highest BCUT2D eigenvalue weighted by molar-refractivity contribution is 5.97. The molecule has 5 rings (SSSR count). The average Bonchev–Trinajstić information content (AvgIpc) is 2.81. The molecule has 0 unspecified atom stereocenters. The number of rotatable bonds is 4. The molecule has 0 atom stereocenters. The standard InChI is InChI=1S/C29H25N/c1-22-9-7-14-27(21-22)30(29-16-8-13-25-12-5-6-15-28(25)29)26-19-17-24(18-20-26)23-10-3-2-4-11-23/h2-6,8,10-21H,7,9H2,1H3. The first-order chi connectivity index (χ1) is 14.8. The van der Waals surface area contributed by atoms with Gasteiger partial charge in [-0.2, -0.15) is 0 Å². The summed E-state index contributed by atoms with van der Waals surface area (Å²) in [5.74, 6) is 0. The van der Waals surface area contributed by atoms with Crippen molar-refractivity contribution in [2.75, 3.05) is 4.90 Å². The smallest absolute Gasteiger partial charge is 0.0539 e. The van der Waals surface area contributed by atoms with Crippen LogP contribution >= 0.6 is 0 Å². The van der Waals surface area contributed by atoms with Crippen LogP contribution in [0.3, 0.4) is 0 Å². The van der Waals surface area contributed by atoms with Gasteiger partial charge >= 0.3 is 0 Å². The monoisotopic (exact) mass is 387 g/mol.